The lowest BCUT2D eigenvalue weighted by Crippen LogP contribution is -2.44. The zero-order valence-electron chi connectivity index (χ0n) is 11.8. The van der Waals surface area contributed by atoms with E-state index < -0.39 is 0 Å². The number of aromatic nitrogens is 1. The first-order chi connectivity index (χ1) is 9.93. The largest absolute Gasteiger partial charge is 0.255 e. The molecule has 0 aliphatic carbocycles. The second-order valence-corrected chi connectivity index (χ2v) is 7.24. The number of fused-ring (bicyclic) bond motifs is 2. The predicted molar refractivity (Wildman–Crippen MR) is 88.1 cm³/mol. The third kappa shape index (κ3) is 2.12. The van der Waals surface area contributed by atoms with Gasteiger partial charge in [0.1, 0.15) is 0 Å². The van der Waals surface area contributed by atoms with Gasteiger partial charge in [-0.1, -0.05) is 67.8 Å². The smallest absolute Gasteiger partial charge is 0.184 e. The van der Waals surface area contributed by atoms with E-state index in [1.807, 2.05) is 23.6 Å². The van der Waals surface area contributed by atoms with Gasteiger partial charge >= 0.3 is 0 Å². The molecule has 20 heavy (non-hydrogen) atoms. The molecule has 0 saturated carbocycles. The highest BCUT2D eigenvalue weighted by Crippen LogP contribution is 2.47. The molecule has 2 bridgehead atoms. The number of hydrogen-bond acceptors (Lipinski definition) is 2. The van der Waals surface area contributed by atoms with Crippen molar-refractivity contribution >= 4 is 23.5 Å². The fourth-order valence-corrected chi connectivity index (χ4v) is 5.40. The molecule has 0 spiro atoms. The molecule has 4 heterocycles. The van der Waals surface area contributed by atoms with Crippen molar-refractivity contribution in [1.82, 2.24) is 4.98 Å². The van der Waals surface area contributed by atoms with Crippen LogP contribution in [0.5, 0.6) is 0 Å². The van der Waals surface area contributed by atoms with Crippen molar-refractivity contribution in [3.05, 3.63) is 35.8 Å². The van der Waals surface area contributed by atoms with Crippen molar-refractivity contribution in [3.8, 4) is 10.6 Å². The summed E-state index contributed by atoms with van der Waals surface area (Å²) in [7, 11) is 0. The Balaban J connectivity index is 1.74. The molecule has 102 valence electrons. The standard InChI is InChI=1S/C17H20BNS/c1-2-11-19-16(9-1)17-15(10-12-20-17)18-13-5-3-6-14(18)8-4-7-13/h1-2,9-14H,3-8H2. The first-order valence-corrected chi connectivity index (χ1v) is 8.80. The Morgan fingerprint density at radius 2 is 1.75 bits per heavy atom. The maximum atomic E-state index is 4.58. The lowest BCUT2D eigenvalue weighted by Gasteiger charge is -2.40. The van der Waals surface area contributed by atoms with E-state index in [1.54, 1.807) is 5.46 Å². The van der Waals surface area contributed by atoms with E-state index in [4.69, 9.17) is 0 Å². The third-order valence-electron chi connectivity index (χ3n) is 5.27. The second kappa shape index (κ2) is 5.36. The summed E-state index contributed by atoms with van der Waals surface area (Å²) < 4.78 is 0. The fourth-order valence-electron chi connectivity index (χ4n) is 4.47. The molecular weight excluding hydrogens is 261 g/mol. The molecular formula is C17H20BNS. The van der Waals surface area contributed by atoms with Gasteiger partial charge in [-0.05, 0) is 17.5 Å². The number of hydrogen-bond donors (Lipinski definition) is 0. The molecule has 0 aromatic carbocycles. The van der Waals surface area contributed by atoms with Crippen LogP contribution >= 0.6 is 11.3 Å². The van der Waals surface area contributed by atoms with Crippen LogP contribution < -0.4 is 5.46 Å². The van der Waals surface area contributed by atoms with Crippen LogP contribution in [-0.2, 0) is 0 Å². The summed E-state index contributed by atoms with van der Waals surface area (Å²) in [6.45, 7) is 0.806. The molecule has 0 unspecified atom stereocenters. The average Bonchev–Trinajstić information content (AvgIpc) is 2.96. The summed E-state index contributed by atoms with van der Waals surface area (Å²) in [6.07, 6.45) is 10.6. The molecule has 0 amide bonds. The van der Waals surface area contributed by atoms with Gasteiger partial charge in [-0.3, -0.25) is 4.98 Å². The second-order valence-electron chi connectivity index (χ2n) is 6.33. The molecule has 3 heteroatoms. The molecule has 2 aliphatic rings. The van der Waals surface area contributed by atoms with E-state index in [9.17, 15) is 0 Å². The van der Waals surface area contributed by atoms with Gasteiger partial charge in [0.15, 0.2) is 6.71 Å². The fraction of sp³-hybridized carbons (Fsp3) is 0.471. The van der Waals surface area contributed by atoms with Gasteiger partial charge in [0.05, 0.1) is 5.69 Å². The predicted octanol–water partition coefficient (Wildman–Crippen LogP) is 4.62. The van der Waals surface area contributed by atoms with Gasteiger partial charge in [0.2, 0.25) is 0 Å². The Hall–Kier alpha value is -1.09. The van der Waals surface area contributed by atoms with Crippen LogP contribution in [0.2, 0.25) is 11.6 Å². The zero-order chi connectivity index (χ0) is 13.4. The third-order valence-corrected chi connectivity index (χ3v) is 6.22. The minimum Gasteiger partial charge on any atom is -0.255 e. The van der Waals surface area contributed by atoms with Gasteiger partial charge < -0.3 is 0 Å². The normalized spacial score (nSPS) is 25.7. The highest BCUT2D eigenvalue weighted by Gasteiger charge is 2.41. The van der Waals surface area contributed by atoms with E-state index in [-0.39, 0.29) is 0 Å². The zero-order valence-corrected chi connectivity index (χ0v) is 12.6. The van der Waals surface area contributed by atoms with E-state index in [0.717, 1.165) is 18.3 Å². The van der Waals surface area contributed by atoms with Crippen molar-refractivity contribution < 1.29 is 0 Å². The van der Waals surface area contributed by atoms with Crippen LogP contribution in [0.4, 0.5) is 0 Å². The molecule has 2 aromatic rings. The summed E-state index contributed by atoms with van der Waals surface area (Å²) in [5, 5.41) is 2.27. The number of nitrogens with zero attached hydrogens (tertiary/aromatic N) is 1. The minimum absolute atomic E-state index is 0.806. The lowest BCUT2D eigenvalue weighted by atomic mass is 9.24. The topological polar surface area (TPSA) is 12.9 Å². The van der Waals surface area contributed by atoms with E-state index in [2.05, 4.69) is 28.6 Å². The first-order valence-electron chi connectivity index (χ1n) is 7.92. The van der Waals surface area contributed by atoms with Crippen LogP contribution in [0, 0.1) is 0 Å². The summed E-state index contributed by atoms with van der Waals surface area (Å²) in [5.74, 6) is 1.86. The van der Waals surface area contributed by atoms with Gasteiger partial charge in [0, 0.05) is 11.1 Å². The molecule has 4 rings (SSSR count). The minimum atomic E-state index is 0.806. The maximum Gasteiger partial charge on any atom is 0.184 e. The number of pyridine rings is 1. The average molecular weight is 281 g/mol. The maximum absolute atomic E-state index is 4.58. The molecule has 1 nitrogen and oxygen atoms in total. The monoisotopic (exact) mass is 281 g/mol. The van der Waals surface area contributed by atoms with Crippen molar-refractivity contribution in [1.29, 1.82) is 0 Å². The van der Waals surface area contributed by atoms with Crippen LogP contribution in [0.3, 0.4) is 0 Å². The Morgan fingerprint density at radius 1 is 1.00 bits per heavy atom. The van der Waals surface area contributed by atoms with Gasteiger partial charge in [-0.25, -0.2) is 0 Å². The summed E-state index contributed by atoms with van der Waals surface area (Å²) in [5.41, 5.74) is 2.77. The van der Waals surface area contributed by atoms with Crippen LogP contribution in [0.25, 0.3) is 10.6 Å². The van der Waals surface area contributed by atoms with E-state index >= 15 is 0 Å². The molecule has 2 aromatic heterocycles. The van der Waals surface area contributed by atoms with Gasteiger partial charge in [-0.2, -0.15) is 0 Å². The van der Waals surface area contributed by atoms with Crippen molar-refractivity contribution in [3.63, 3.8) is 0 Å². The molecule has 0 radical (unpaired) electrons. The molecule has 0 N–H and O–H groups in total. The van der Waals surface area contributed by atoms with E-state index in [0.29, 0.717) is 0 Å². The van der Waals surface area contributed by atoms with Gasteiger partial charge in [-0.15, -0.1) is 11.3 Å². The summed E-state index contributed by atoms with van der Waals surface area (Å²) in [4.78, 5) is 6.01. The van der Waals surface area contributed by atoms with Gasteiger partial charge in [0.25, 0.3) is 0 Å². The van der Waals surface area contributed by atoms with Crippen molar-refractivity contribution in [2.45, 2.75) is 50.2 Å². The first kappa shape index (κ1) is 12.6. The molecule has 2 fully saturated rings. The molecule has 2 saturated heterocycles. The highest BCUT2D eigenvalue weighted by atomic mass is 32.1. The lowest BCUT2D eigenvalue weighted by molar-refractivity contribution is 0.448. The number of rotatable bonds is 2. The van der Waals surface area contributed by atoms with Crippen LogP contribution in [0.15, 0.2) is 35.8 Å². The van der Waals surface area contributed by atoms with Crippen molar-refractivity contribution in [2.75, 3.05) is 0 Å². The Bertz CT molecular complexity index is 558. The summed E-state index contributed by atoms with van der Waals surface area (Å²) >= 11 is 1.87. The van der Waals surface area contributed by atoms with E-state index in [1.165, 1.54) is 49.1 Å². The highest BCUT2D eigenvalue weighted by molar-refractivity contribution is 7.15. The number of thiophene rings is 1. The van der Waals surface area contributed by atoms with Crippen molar-refractivity contribution in [2.24, 2.45) is 0 Å². The van der Waals surface area contributed by atoms with Crippen LogP contribution in [-0.4, -0.2) is 11.7 Å². The Morgan fingerprint density at radius 3 is 2.40 bits per heavy atom. The quantitative estimate of drug-likeness (QED) is 0.732. The Labute approximate surface area is 125 Å². The molecule has 2 aliphatic heterocycles. The summed E-state index contributed by atoms with van der Waals surface area (Å²) in [6, 6.07) is 8.66. The molecule has 0 atom stereocenters. The SMILES string of the molecule is c1ccc(-c2sccc2B2C3CCCC2CCC3)nc1. The Kier molecular flexibility index (Phi) is 3.39. The van der Waals surface area contributed by atoms with Crippen LogP contribution in [0.1, 0.15) is 38.5 Å².